The highest BCUT2D eigenvalue weighted by Gasteiger charge is 2.19. The topological polar surface area (TPSA) is 12.9 Å². The van der Waals surface area contributed by atoms with Gasteiger partial charge in [-0.2, -0.15) is 0 Å². The van der Waals surface area contributed by atoms with Crippen molar-refractivity contribution in [2.24, 2.45) is 0 Å². The van der Waals surface area contributed by atoms with Crippen LogP contribution >= 0.6 is 31.9 Å². The Morgan fingerprint density at radius 1 is 1.14 bits per heavy atom. The second-order valence-electron chi connectivity index (χ2n) is 3.83. The summed E-state index contributed by atoms with van der Waals surface area (Å²) in [6.45, 7) is 0. The van der Waals surface area contributed by atoms with Crippen molar-refractivity contribution in [1.82, 2.24) is 4.98 Å². The molecule has 1 saturated carbocycles. The quantitative estimate of drug-likeness (QED) is 0.734. The number of hydrogen-bond acceptors (Lipinski definition) is 1. The van der Waals surface area contributed by atoms with Crippen molar-refractivity contribution < 1.29 is 0 Å². The zero-order valence-electron chi connectivity index (χ0n) is 7.97. The molecular formula is C11H13Br2N. The Morgan fingerprint density at radius 3 is 2.57 bits per heavy atom. The Kier molecular flexibility index (Phi) is 3.61. The molecule has 0 spiro atoms. The molecule has 1 nitrogen and oxygen atoms in total. The van der Waals surface area contributed by atoms with Crippen molar-refractivity contribution in [3.8, 4) is 0 Å². The standard InChI is InChI=1S/C11H13Br2N/c12-9-6-7-14-11(10(9)13)8-4-2-1-3-5-8/h6-8H,1-5H2. The number of aromatic nitrogens is 1. The number of hydrogen-bond donors (Lipinski definition) is 0. The first-order valence-corrected chi connectivity index (χ1v) is 6.67. The Morgan fingerprint density at radius 2 is 1.86 bits per heavy atom. The van der Waals surface area contributed by atoms with Crippen LogP contribution in [0.15, 0.2) is 21.2 Å². The summed E-state index contributed by atoms with van der Waals surface area (Å²) in [5.41, 5.74) is 1.24. The van der Waals surface area contributed by atoms with Crippen molar-refractivity contribution in [1.29, 1.82) is 0 Å². The molecule has 0 N–H and O–H groups in total. The van der Waals surface area contributed by atoms with E-state index >= 15 is 0 Å². The lowest BCUT2D eigenvalue weighted by Gasteiger charge is -2.22. The minimum atomic E-state index is 0.663. The molecule has 0 radical (unpaired) electrons. The van der Waals surface area contributed by atoms with Crippen LogP contribution in [-0.4, -0.2) is 4.98 Å². The van der Waals surface area contributed by atoms with Gasteiger partial charge in [0.15, 0.2) is 0 Å². The Labute approximate surface area is 102 Å². The molecule has 1 aromatic heterocycles. The first-order valence-electron chi connectivity index (χ1n) is 5.09. The summed E-state index contributed by atoms with van der Waals surface area (Å²) in [5, 5.41) is 0. The van der Waals surface area contributed by atoms with Crippen LogP contribution in [0.25, 0.3) is 0 Å². The van der Waals surface area contributed by atoms with Gasteiger partial charge in [0.05, 0.1) is 10.2 Å². The molecule has 0 unspecified atom stereocenters. The fraction of sp³-hybridized carbons (Fsp3) is 0.545. The molecule has 0 aromatic carbocycles. The molecule has 1 fully saturated rings. The first kappa shape index (κ1) is 10.6. The summed E-state index contributed by atoms with van der Waals surface area (Å²) in [7, 11) is 0. The normalized spacial score (nSPS) is 18.4. The number of halogens is 2. The summed E-state index contributed by atoms with van der Waals surface area (Å²) in [6, 6.07) is 1.98. The summed E-state index contributed by atoms with van der Waals surface area (Å²) < 4.78 is 2.26. The van der Waals surface area contributed by atoms with E-state index in [2.05, 4.69) is 36.8 Å². The van der Waals surface area contributed by atoms with E-state index in [1.54, 1.807) is 0 Å². The van der Waals surface area contributed by atoms with Crippen LogP contribution < -0.4 is 0 Å². The monoisotopic (exact) mass is 317 g/mol. The molecule has 1 aliphatic carbocycles. The van der Waals surface area contributed by atoms with Gasteiger partial charge in [-0.15, -0.1) is 0 Å². The molecule has 14 heavy (non-hydrogen) atoms. The lowest BCUT2D eigenvalue weighted by molar-refractivity contribution is 0.435. The van der Waals surface area contributed by atoms with Gasteiger partial charge in [0, 0.05) is 16.6 Å². The van der Waals surface area contributed by atoms with Crippen LogP contribution in [0.2, 0.25) is 0 Å². The summed E-state index contributed by atoms with van der Waals surface area (Å²) in [5.74, 6) is 0.663. The van der Waals surface area contributed by atoms with Crippen molar-refractivity contribution >= 4 is 31.9 Å². The van der Waals surface area contributed by atoms with Gasteiger partial charge in [0.25, 0.3) is 0 Å². The summed E-state index contributed by atoms with van der Waals surface area (Å²) in [6.07, 6.45) is 8.57. The van der Waals surface area contributed by atoms with Crippen LogP contribution in [0, 0.1) is 0 Å². The van der Waals surface area contributed by atoms with E-state index in [0.717, 1.165) is 8.95 Å². The van der Waals surface area contributed by atoms with Crippen LogP contribution in [-0.2, 0) is 0 Å². The van der Waals surface area contributed by atoms with Gasteiger partial charge in [-0.3, -0.25) is 4.98 Å². The van der Waals surface area contributed by atoms with Crippen molar-refractivity contribution in [2.45, 2.75) is 38.0 Å². The molecule has 1 heterocycles. The third-order valence-electron chi connectivity index (χ3n) is 2.86. The van der Waals surface area contributed by atoms with E-state index in [4.69, 9.17) is 0 Å². The largest absolute Gasteiger partial charge is 0.260 e. The van der Waals surface area contributed by atoms with Crippen LogP contribution in [0.3, 0.4) is 0 Å². The van der Waals surface area contributed by atoms with Gasteiger partial charge in [-0.25, -0.2) is 0 Å². The zero-order chi connectivity index (χ0) is 9.97. The molecule has 0 atom stereocenters. The molecule has 1 aromatic rings. The second kappa shape index (κ2) is 4.75. The first-order chi connectivity index (χ1) is 6.79. The van der Waals surface area contributed by atoms with Gasteiger partial charge >= 0.3 is 0 Å². The third kappa shape index (κ3) is 2.19. The van der Waals surface area contributed by atoms with E-state index in [1.807, 2.05) is 12.3 Å². The maximum atomic E-state index is 4.49. The molecule has 3 heteroatoms. The SMILES string of the molecule is Brc1ccnc(C2CCCCC2)c1Br. The van der Waals surface area contributed by atoms with Gasteiger partial charge in [0.2, 0.25) is 0 Å². The lowest BCUT2D eigenvalue weighted by Crippen LogP contribution is -2.07. The molecule has 0 amide bonds. The third-order valence-corrected chi connectivity index (χ3v) is 4.89. The average molecular weight is 319 g/mol. The molecule has 76 valence electrons. The fourth-order valence-corrected chi connectivity index (χ4v) is 2.98. The number of pyridine rings is 1. The zero-order valence-corrected chi connectivity index (χ0v) is 11.1. The summed E-state index contributed by atoms with van der Waals surface area (Å²) >= 11 is 7.13. The molecule has 2 rings (SSSR count). The Bertz CT molecular complexity index is 319. The Hall–Kier alpha value is 0.110. The summed E-state index contributed by atoms with van der Waals surface area (Å²) in [4.78, 5) is 4.49. The average Bonchev–Trinajstić information content (AvgIpc) is 2.23. The molecule has 0 aliphatic heterocycles. The smallest absolute Gasteiger partial charge is 0.0587 e. The molecule has 0 bridgehead atoms. The van der Waals surface area contributed by atoms with Gasteiger partial charge in [-0.05, 0) is 50.8 Å². The highest BCUT2D eigenvalue weighted by Crippen LogP contribution is 2.37. The van der Waals surface area contributed by atoms with Crippen molar-refractivity contribution in [3.05, 3.63) is 26.9 Å². The minimum Gasteiger partial charge on any atom is -0.260 e. The van der Waals surface area contributed by atoms with Crippen LogP contribution in [0.4, 0.5) is 0 Å². The highest BCUT2D eigenvalue weighted by atomic mass is 79.9. The number of rotatable bonds is 1. The number of nitrogens with zero attached hydrogens (tertiary/aromatic N) is 1. The maximum Gasteiger partial charge on any atom is 0.0587 e. The lowest BCUT2D eigenvalue weighted by atomic mass is 9.87. The predicted octanol–water partition coefficient (Wildman–Crippen LogP) is 4.65. The van der Waals surface area contributed by atoms with E-state index in [1.165, 1.54) is 37.8 Å². The predicted molar refractivity (Wildman–Crippen MR) is 65.5 cm³/mol. The van der Waals surface area contributed by atoms with Crippen LogP contribution in [0.1, 0.15) is 43.7 Å². The van der Waals surface area contributed by atoms with Gasteiger partial charge in [0.1, 0.15) is 0 Å². The van der Waals surface area contributed by atoms with Crippen LogP contribution in [0.5, 0.6) is 0 Å². The second-order valence-corrected chi connectivity index (χ2v) is 5.47. The minimum absolute atomic E-state index is 0.663. The van der Waals surface area contributed by atoms with Gasteiger partial charge < -0.3 is 0 Å². The molecular weight excluding hydrogens is 306 g/mol. The molecule has 0 saturated heterocycles. The maximum absolute atomic E-state index is 4.49. The Balaban J connectivity index is 2.26. The fourth-order valence-electron chi connectivity index (χ4n) is 2.10. The van der Waals surface area contributed by atoms with E-state index in [-0.39, 0.29) is 0 Å². The van der Waals surface area contributed by atoms with E-state index in [9.17, 15) is 0 Å². The van der Waals surface area contributed by atoms with Crippen molar-refractivity contribution in [2.75, 3.05) is 0 Å². The molecule has 1 aliphatic rings. The highest BCUT2D eigenvalue weighted by molar-refractivity contribution is 9.13. The van der Waals surface area contributed by atoms with E-state index in [0.29, 0.717) is 5.92 Å². The van der Waals surface area contributed by atoms with Crippen molar-refractivity contribution in [3.63, 3.8) is 0 Å². The van der Waals surface area contributed by atoms with Gasteiger partial charge in [-0.1, -0.05) is 19.3 Å². The van der Waals surface area contributed by atoms with E-state index < -0.39 is 0 Å².